The third-order valence-electron chi connectivity index (χ3n) is 4.35. The molecule has 0 fully saturated rings. The first-order valence-electron chi connectivity index (χ1n) is 9.38. The van der Waals surface area contributed by atoms with Crippen LogP contribution in [0.2, 0.25) is 0 Å². The van der Waals surface area contributed by atoms with Crippen LogP contribution in [0.25, 0.3) is 11.4 Å². The highest BCUT2D eigenvalue weighted by atomic mass is 32.3. The van der Waals surface area contributed by atoms with Crippen molar-refractivity contribution >= 4 is 27.8 Å². The Morgan fingerprint density at radius 1 is 1.19 bits per heavy atom. The summed E-state index contributed by atoms with van der Waals surface area (Å²) in [4.78, 5) is 23.7. The molecule has 0 bridgehead atoms. The molecule has 1 aliphatic rings. The molecule has 0 saturated heterocycles. The summed E-state index contributed by atoms with van der Waals surface area (Å²) < 4.78 is 25.0. The van der Waals surface area contributed by atoms with Gasteiger partial charge in [-0.05, 0) is 36.1 Å². The van der Waals surface area contributed by atoms with Gasteiger partial charge in [0.2, 0.25) is 5.95 Å². The van der Waals surface area contributed by atoms with E-state index in [0.717, 1.165) is 5.56 Å². The van der Waals surface area contributed by atoms with Crippen LogP contribution in [0.3, 0.4) is 0 Å². The number of carboxylic acid groups (broad SMARTS) is 1. The van der Waals surface area contributed by atoms with Gasteiger partial charge in [-0.2, -0.15) is 9.35 Å². The first-order chi connectivity index (χ1) is 14.9. The maximum absolute atomic E-state index is 10.8. The van der Waals surface area contributed by atoms with Gasteiger partial charge in [-0.15, -0.1) is 0 Å². The Morgan fingerprint density at radius 2 is 2.00 bits per heavy atom. The van der Waals surface area contributed by atoms with Gasteiger partial charge in [-0.3, -0.25) is 0 Å². The molecule has 4 rings (SSSR count). The number of anilines is 2. The van der Waals surface area contributed by atoms with Crippen molar-refractivity contribution in [2.24, 2.45) is 4.36 Å². The monoisotopic (exact) mass is 443 g/mol. The lowest BCUT2D eigenvalue weighted by atomic mass is 10.1. The summed E-state index contributed by atoms with van der Waals surface area (Å²) in [6, 6.07) is 12.7. The fourth-order valence-corrected chi connectivity index (χ4v) is 4.51. The van der Waals surface area contributed by atoms with Crippen LogP contribution in [0.4, 0.5) is 16.4 Å². The fraction of sp³-hybridized carbons (Fsp3) is 0.200. The number of nitrogens with zero attached hydrogens (tertiary/aromatic N) is 4. The number of rotatable bonds is 5. The van der Waals surface area contributed by atoms with Crippen LogP contribution in [0.15, 0.2) is 53.2 Å². The Labute approximate surface area is 179 Å². The molecule has 11 heteroatoms. The molecule has 1 aliphatic heterocycles. The van der Waals surface area contributed by atoms with Gasteiger partial charge < -0.3 is 24.4 Å². The number of hydrogen-bond donors (Lipinski definition) is 4. The summed E-state index contributed by atoms with van der Waals surface area (Å²) >= 11 is 0. The van der Waals surface area contributed by atoms with Crippen molar-refractivity contribution in [2.75, 3.05) is 24.8 Å². The molecule has 2 aromatic carbocycles. The molecule has 0 spiro atoms. The van der Waals surface area contributed by atoms with Gasteiger partial charge in [-0.1, -0.05) is 28.3 Å². The summed E-state index contributed by atoms with van der Waals surface area (Å²) in [6.45, 7) is 0.944. The topological polar surface area (TPSA) is 139 Å². The van der Waals surface area contributed by atoms with Crippen LogP contribution >= 0.6 is 0 Å². The van der Waals surface area contributed by atoms with Crippen LogP contribution in [0.5, 0.6) is 11.5 Å². The number of amides is 1. The van der Waals surface area contributed by atoms with E-state index < -0.39 is 16.2 Å². The smallest absolute Gasteiger partial charge is 0.437 e. The van der Waals surface area contributed by atoms with Crippen molar-refractivity contribution in [2.45, 2.75) is 5.75 Å². The molecule has 1 amide bonds. The van der Waals surface area contributed by atoms with Crippen LogP contribution < -0.4 is 14.8 Å². The molecule has 31 heavy (non-hydrogen) atoms. The number of nitrogens with one attached hydrogen (secondary N) is 1. The number of benzene rings is 2. The molecule has 2 heterocycles. The normalized spacial score (nSPS) is 13.4. The van der Waals surface area contributed by atoms with Crippen molar-refractivity contribution in [3.8, 4) is 22.9 Å². The van der Waals surface area contributed by atoms with Gasteiger partial charge >= 0.3 is 6.09 Å². The second-order valence-electron chi connectivity index (χ2n) is 6.92. The number of carbonyl (C=O) groups is 1. The Morgan fingerprint density at radius 3 is 2.84 bits per heavy atom. The first-order valence-corrected chi connectivity index (χ1v) is 11.7. The van der Waals surface area contributed by atoms with Crippen molar-refractivity contribution in [3.05, 3.63) is 54.4 Å². The molecule has 0 aliphatic carbocycles. The average Bonchev–Trinajstić information content (AvgIpc) is 2.72. The second-order valence-corrected chi connectivity index (χ2v) is 9.61. The predicted molar refractivity (Wildman–Crippen MR) is 117 cm³/mol. The maximum atomic E-state index is 10.8. The van der Waals surface area contributed by atoms with E-state index in [2.05, 4.69) is 24.6 Å². The average molecular weight is 443 g/mol. The number of para-hydroxylation sites is 1. The lowest BCUT2D eigenvalue weighted by Gasteiger charge is -2.20. The molecule has 0 atom stereocenters. The van der Waals surface area contributed by atoms with Crippen molar-refractivity contribution in [1.82, 2.24) is 15.0 Å². The van der Waals surface area contributed by atoms with Gasteiger partial charge in [-0.25, -0.2) is 14.8 Å². The molecule has 0 saturated carbocycles. The van der Waals surface area contributed by atoms with Crippen molar-refractivity contribution < 1.29 is 23.9 Å². The SMILES string of the molecule is C[SH](O)(Cc1cccc(Nc2ncnc(-c3cccc4c3OCCO4)n2)c1)=NC(=O)O. The quantitative estimate of drug-likeness (QED) is 0.437. The van der Waals surface area contributed by atoms with Crippen molar-refractivity contribution in [3.63, 3.8) is 0 Å². The van der Waals surface area contributed by atoms with E-state index in [9.17, 15) is 9.35 Å². The zero-order chi connectivity index (χ0) is 21.8. The molecule has 162 valence electrons. The Bertz CT molecular complexity index is 1180. The minimum atomic E-state index is -2.95. The first kappa shape index (κ1) is 20.7. The highest BCUT2D eigenvalue weighted by Gasteiger charge is 2.19. The maximum Gasteiger partial charge on any atom is 0.437 e. The van der Waals surface area contributed by atoms with Gasteiger partial charge in [0.05, 0.1) is 5.56 Å². The third-order valence-corrected chi connectivity index (χ3v) is 5.91. The molecule has 10 nitrogen and oxygen atoms in total. The minimum absolute atomic E-state index is 0.144. The zero-order valence-electron chi connectivity index (χ0n) is 16.6. The number of hydrogen-bond acceptors (Lipinski definition) is 7. The zero-order valence-corrected chi connectivity index (χ0v) is 17.5. The van der Waals surface area contributed by atoms with Crippen LogP contribution in [-0.2, 0) is 15.9 Å². The molecule has 0 unspecified atom stereocenters. The van der Waals surface area contributed by atoms with E-state index in [1.165, 1.54) is 12.6 Å². The van der Waals surface area contributed by atoms with E-state index in [0.29, 0.717) is 47.7 Å². The summed E-state index contributed by atoms with van der Waals surface area (Å²) in [5.41, 5.74) is 2.12. The third kappa shape index (κ3) is 5.13. The number of fused-ring (bicyclic) bond motifs is 1. The highest BCUT2D eigenvalue weighted by Crippen LogP contribution is 2.38. The van der Waals surface area contributed by atoms with Crippen LogP contribution in [-0.4, -0.2) is 50.2 Å². The second kappa shape index (κ2) is 8.66. The Kier molecular flexibility index (Phi) is 5.78. The summed E-state index contributed by atoms with van der Waals surface area (Å²) in [5.74, 6) is 2.15. The molecular formula is C20H21N5O5S. The molecule has 0 radical (unpaired) electrons. The summed E-state index contributed by atoms with van der Waals surface area (Å²) in [7, 11) is -2.95. The number of ether oxygens (including phenoxy) is 2. The van der Waals surface area contributed by atoms with Gasteiger partial charge in [0.1, 0.15) is 19.5 Å². The minimum Gasteiger partial charge on any atom is -0.486 e. The number of aromatic nitrogens is 3. The Balaban J connectivity index is 1.57. The highest BCUT2D eigenvalue weighted by molar-refractivity contribution is 7.98. The lowest BCUT2D eigenvalue weighted by molar-refractivity contribution is 0.172. The van der Waals surface area contributed by atoms with Crippen LogP contribution in [0.1, 0.15) is 5.56 Å². The summed E-state index contributed by atoms with van der Waals surface area (Å²) in [5, 5.41) is 11.9. The largest absolute Gasteiger partial charge is 0.486 e. The van der Waals surface area contributed by atoms with Gasteiger partial charge in [0.25, 0.3) is 0 Å². The lowest BCUT2D eigenvalue weighted by Crippen LogP contribution is -2.16. The van der Waals surface area contributed by atoms with Crippen LogP contribution in [0, 0.1) is 0 Å². The predicted octanol–water partition coefficient (Wildman–Crippen LogP) is 3.40. The molecule has 3 N–H and O–H groups in total. The van der Waals surface area contributed by atoms with E-state index in [1.807, 2.05) is 24.3 Å². The van der Waals surface area contributed by atoms with Gasteiger partial charge in [0, 0.05) is 11.4 Å². The molecule has 1 aromatic heterocycles. The van der Waals surface area contributed by atoms with E-state index in [4.69, 9.17) is 14.6 Å². The molecule has 3 aromatic rings. The van der Waals surface area contributed by atoms with E-state index >= 15 is 0 Å². The van der Waals surface area contributed by atoms with Gasteiger partial charge in [0.15, 0.2) is 17.3 Å². The number of thiol groups is 1. The van der Waals surface area contributed by atoms with E-state index in [1.54, 1.807) is 18.2 Å². The van der Waals surface area contributed by atoms with Crippen molar-refractivity contribution in [1.29, 1.82) is 0 Å². The standard InChI is InChI=1S/C20H21N5O5S/c1-31(28,25-20(26)27)11-13-4-2-5-14(10-13)23-19-22-12-21-18(24-19)15-6-3-7-16-17(15)30-9-8-29-16/h2-7,10,12,31H,8-9,11H2,1H3,(H,25,28)(H,26,27)(H,21,22,23,24). The Hall–Kier alpha value is -3.57. The molecular weight excluding hydrogens is 422 g/mol. The summed E-state index contributed by atoms with van der Waals surface area (Å²) in [6.07, 6.45) is 1.48. The fourth-order valence-electron chi connectivity index (χ4n) is 3.18. The van der Waals surface area contributed by atoms with E-state index in [-0.39, 0.29) is 5.75 Å².